The molecule has 1 aromatic heterocycles. The molecule has 0 saturated heterocycles. The van der Waals surface area contributed by atoms with Gasteiger partial charge in [-0.1, -0.05) is 34.8 Å². The second-order valence-corrected chi connectivity index (χ2v) is 5.32. The summed E-state index contributed by atoms with van der Waals surface area (Å²) in [7, 11) is 0. The lowest BCUT2D eigenvalue weighted by molar-refractivity contribution is 1.16. The average molecular weight is 385 g/mol. The molecule has 0 amide bonds. The van der Waals surface area contributed by atoms with Crippen LogP contribution in [-0.2, 0) is 0 Å². The van der Waals surface area contributed by atoms with Crippen LogP contribution in [0, 0.1) is 3.57 Å². The minimum atomic E-state index is 0.414. The Morgan fingerprint density at radius 1 is 1.12 bits per heavy atom. The second-order valence-electron chi connectivity index (χ2n) is 2.96. The summed E-state index contributed by atoms with van der Waals surface area (Å²) in [5, 5.41) is 1.49. The van der Waals surface area contributed by atoms with Gasteiger partial charge in [0.25, 0.3) is 0 Å². The first kappa shape index (κ1) is 12.4. The third-order valence-electron chi connectivity index (χ3n) is 1.87. The maximum Gasteiger partial charge on any atom is 0.162 e. The molecule has 0 fully saturated rings. The first-order chi connectivity index (χ1) is 7.58. The van der Waals surface area contributed by atoms with Gasteiger partial charge in [-0.2, -0.15) is 0 Å². The molecule has 0 saturated carbocycles. The molecule has 0 aliphatic carbocycles. The number of nitrogens with zero attached hydrogens (tertiary/aromatic N) is 2. The number of halogens is 4. The Balaban J connectivity index is 2.54. The fourth-order valence-electron chi connectivity index (χ4n) is 1.15. The second kappa shape index (κ2) is 5.04. The summed E-state index contributed by atoms with van der Waals surface area (Å²) >= 11 is 19.8. The van der Waals surface area contributed by atoms with E-state index in [1.54, 1.807) is 24.4 Å². The predicted octanol–water partition coefficient (Wildman–Crippen LogP) is 4.71. The summed E-state index contributed by atoms with van der Waals surface area (Å²) in [6.45, 7) is 0. The Morgan fingerprint density at radius 2 is 1.88 bits per heavy atom. The van der Waals surface area contributed by atoms with Gasteiger partial charge in [0.15, 0.2) is 5.82 Å². The molecule has 0 atom stereocenters. The van der Waals surface area contributed by atoms with Gasteiger partial charge in [0.05, 0.1) is 8.59 Å². The molecule has 0 radical (unpaired) electrons. The van der Waals surface area contributed by atoms with E-state index in [0.29, 0.717) is 26.6 Å². The van der Waals surface area contributed by atoms with E-state index < -0.39 is 0 Å². The summed E-state index contributed by atoms with van der Waals surface area (Å²) < 4.78 is 0.799. The van der Waals surface area contributed by atoms with Gasteiger partial charge in [-0.05, 0) is 40.8 Å². The van der Waals surface area contributed by atoms with Crippen molar-refractivity contribution < 1.29 is 0 Å². The Labute approximate surface area is 121 Å². The smallest absolute Gasteiger partial charge is 0.162 e. The van der Waals surface area contributed by atoms with Crippen LogP contribution < -0.4 is 0 Å². The minimum absolute atomic E-state index is 0.414. The van der Waals surface area contributed by atoms with E-state index in [9.17, 15) is 0 Å². The van der Waals surface area contributed by atoms with Crippen molar-refractivity contribution in [1.29, 1.82) is 0 Å². The third-order valence-corrected chi connectivity index (χ3v) is 3.82. The van der Waals surface area contributed by atoms with Gasteiger partial charge in [0.1, 0.15) is 5.15 Å². The molecule has 2 aromatic rings. The summed E-state index contributed by atoms with van der Waals surface area (Å²) in [5.74, 6) is 0.493. The fourth-order valence-corrected chi connectivity index (χ4v) is 2.03. The van der Waals surface area contributed by atoms with Gasteiger partial charge in [0, 0.05) is 16.8 Å². The third kappa shape index (κ3) is 2.59. The summed E-state index contributed by atoms with van der Waals surface area (Å²) in [6.07, 6.45) is 1.65. The zero-order chi connectivity index (χ0) is 11.7. The molecule has 0 spiro atoms. The Kier molecular flexibility index (Phi) is 3.89. The first-order valence-corrected chi connectivity index (χ1v) is 6.42. The van der Waals surface area contributed by atoms with Gasteiger partial charge in [-0.3, -0.25) is 0 Å². The van der Waals surface area contributed by atoms with Gasteiger partial charge in [-0.25, -0.2) is 9.97 Å². The van der Waals surface area contributed by atoms with E-state index in [0.717, 1.165) is 3.57 Å². The van der Waals surface area contributed by atoms with E-state index in [-0.39, 0.29) is 0 Å². The van der Waals surface area contributed by atoms with Crippen LogP contribution >= 0.6 is 57.4 Å². The van der Waals surface area contributed by atoms with Crippen LogP contribution in [0.1, 0.15) is 0 Å². The molecule has 0 aliphatic rings. The number of rotatable bonds is 1. The normalized spacial score (nSPS) is 10.5. The highest BCUT2D eigenvalue weighted by Crippen LogP contribution is 2.29. The fraction of sp³-hybridized carbons (Fsp3) is 0. The molecule has 0 bridgehead atoms. The van der Waals surface area contributed by atoms with E-state index in [4.69, 9.17) is 34.8 Å². The lowest BCUT2D eigenvalue weighted by atomic mass is 10.2. The van der Waals surface area contributed by atoms with Crippen molar-refractivity contribution in [3.63, 3.8) is 0 Å². The molecule has 6 heteroatoms. The van der Waals surface area contributed by atoms with Gasteiger partial charge >= 0.3 is 0 Å². The van der Waals surface area contributed by atoms with E-state index in [2.05, 4.69) is 32.6 Å². The van der Waals surface area contributed by atoms with Crippen LogP contribution in [0.2, 0.25) is 15.2 Å². The van der Waals surface area contributed by atoms with Crippen molar-refractivity contribution in [2.24, 2.45) is 0 Å². The van der Waals surface area contributed by atoms with Crippen molar-refractivity contribution in [2.45, 2.75) is 0 Å². The van der Waals surface area contributed by atoms with Crippen LogP contribution in [0.25, 0.3) is 11.4 Å². The molecule has 0 N–H and O–H groups in total. The van der Waals surface area contributed by atoms with Crippen molar-refractivity contribution in [1.82, 2.24) is 9.97 Å². The first-order valence-electron chi connectivity index (χ1n) is 4.21. The van der Waals surface area contributed by atoms with E-state index in [1.165, 1.54) is 0 Å². The van der Waals surface area contributed by atoms with Crippen LogP contribution in [0.3, 0.4) is 0 Å². The molecule has 0 aliphatic heterocycles. The number of hydrogen-bond donors (Lipinski definition) is 0. The van der Waals surface area contributed by atoms with Gasteiger partial charge in [0.2, 0.25) is 0 Å². The van der Waals surface area contributed by atoms with Crippen molar-refractivity contribution >= 4 is 57.4 Å². The average Bonchev–Trinajstić information content (AvgIpc) is 2.22. The van der Waals surface area contributed by atoms with Crippen molar-refractivity contribution in [3.05, 3.63) is 43.2 Å². The SMILES string of the molecule is Clc1ccc(-c2ncc(I)c(Cl)n2)c(Cl)c1. The summed E-state index contributed by atoms with van der Waals surface area (Å²) in [6, 6.07) is 5.15. The molecule has 82 valence electrons. The van der Waals surface area contributed by atoms with Gasteiger partial charge in [-0.15, -0.1) is 0 Å². The van der Waals surface area contributed by atoms with Crippen LogP contribution in [0.5, 0.6) is 0 Å². The van der Waals surface area contributed by atoms with E-state index >= 15 is 0 Å². The Morgan fingerprint density at radius 3 is 2.50 bits per heavy atom. The molecule has 0 unspecified atom stereocenters. The van der Waals surface area contributed by atoms with Crippen LogP contribution in [0.4, 0.5) is 0 Å². The highest BCUT2D eigenvalue weighted by molar-refractivity contribution is 14.1. The standard InChI is InChI=1S/C10H4Cl3IN2/c11-5-1-2-6(7(12)3-5)10-15-4-8(14)9(13)16-10/h1-4H. The van der Waals surface area contributed by atoms with Crippen molar-refractivity contribution in [3.8, 4) is 11.4 Å². The monoisotopic (exact) mass is 384 g/mol. The lowest BCUT2D eigenvalue weighted by Gasteiger charge is -2.04. The van der Waals surface area contributed by atoms with E-state index in [1.807, 2.05) is 0 Å². The Bertz CT molecular complexity index is 546. The maximum absolute atomic E-state index is 6.05. The minimum Gasteiger partial charge on any atom is -0.235 e. The molecule has 1 aromatic carbocycles. The highest BCUT2D eigenvalue weighted by atomic mass is 127. The number of hydrogen-bond acceptors (Lipinski definition) is 2. The highest BCUT2D eigenvalue weighted by Gasteiger charge is 2.09. The molecule has 16 heavy (non-hydrogen) atoms. The van der Waals surface area contributed by atoms with Crippen LogP contribution in [0.15, 0.2) is 24.4 Å². The quantitative estimate of drug-likeness (QED) is 0.525. The molecule has 2 nitrogen and oxygen atoms in total. The topological polar surface area (TPSA) is 25.8 Å². The number of aromatic nitrogens is 2. The maximum atomic E-state index is 6.05. The largest absolute Gasteiger partial charge is 0.235 e. The number of benzene rings is 1. The summed E-state index contributed by atoms with van der Waals surface area (Å²) in [4.78, 5) is 8.32. The molecule has 1 heterocycles. The molecule has 2 rings (SSSR count). The Hall–Kier alpha value is -0.100. The molecular weight excluding hydrogens is 381 g/mol. The molecular formula is C10H4Cl3IN2. The van der Waals surface area contributed by atoms with Crippen molar-refractivity contribution in [2.75, 3.05) is 0 Å². The van der Waals surface area contributed by atoms with Gasteiger partial charge < -0.3 is 0 Å². The van der Waals surface area contributed by atoms with Crippen LogP contribution in [-0.4, -0.2) is 9.97 Å². The summed E-state index contributed by atoms with van der Waals surface area (Å²) in [5.41, 5.74) is 0.712. The zero-order valence-electron chi connectivity index (χ0n) is 7.72. The predicted molar refractivity (Wildman–Crippen MR) is 75.2 cm³/mol. The lowest BCUT2D eigenvalue weighted by Crippen LogP contribution is -1.92. The zero-order valence-corrected chi connectivity index (χ0v) is 12.1.